The number of aromatic hydroxyl groups is 1. The molecule has 1 aromatic rings. The predicted octanol–water partition coefficient (Wildman–Crippen LogP) is 3.59. The number of phenolic OH excluding ortho intramolecular Hbond substituents is 1. The van der Waals surface area contributed by atoms with Crippen LogP contribution in [0.25, 0.3) is 0 Å². The smallest absolute Gasteiger partial charge is 0.314 e. The Balaban J connectivity index is 2.66. The second-order valence-electron chi connectivity index (χ2n) is 5.05. The van der Waals surface area contributed by atoms with Gasteiger partial charge >= 0.3 is 5.97 Å². The Morgan fingerprint density at radius 1 is 1.40 bits per heavy atom. The maximum Gasteiger partial charge on any atom is 0.314 e. The van der Waals surface area contributed by atoms with Crippen molar-refractivity contribution in [2.24, 2.45) is 0 Å². The van der Waals surface area contributed by atoms with Crippen LogP contribution in [-0.2, 0) is 10.2 Å². The van der Waals surface area contributed by atoms with Crippen LogP contribution in [0.2, 0.25) is 0 Å². The summed E-state index contributed by atoms with van der Waals surface area (Å²) in [5.41, 5.74) is -1.27. The maximum absolute atomic E-state index is 14.4. The number of benzene rings is 1. The molecule has 110 valence electrons. The van der Waals surface area contributed by atoms with E-state index >= 15 is 0 Å². The Morgan fingerprint density at radius 3 is 2.50 bits per heavy atom. The van der Waals surface area contributed by atoms with Gasteiger partial charge in [0.1, 0.15) is 5.82 Å². The first-order chi connectivity index (χ1) is 9.44. The molecular weight excluding hydrogens is 331 g/mol. The van der Waals surface area contributed by atoms with Crippen LogP contribution in [-0.4, -0.2) is 23.3 Å². The molecule has 0 saturated heterocycles. The molecule has 1 aliphatic carbocycles. The number of methoxy groups -OCH3 is 1. The summed E-state index contributed by atoms with van der Waals surface area (Å²) in [6, 6.07) is 1.04. The molecule has 0 aromatic heterocycles. The number of ether oxygens (including phenoxy) is 1. The predicted molar refractivity (Wildman–Crippen MR) is 74.7 cm³/mol. The monoisotopic (exact) mass is 346 g/mol. The van der Waals surface area contributed by atoms with Crippen LogP contribution < -0.4 is 4.74 Å². The van der Waals surface area contributed by atoms with Crippen molar-refractivity contribution in [3.63, 3.8) is 0 Å². The lowest BCUT2D eigenvalue weighted by molar-refractivity contribution is -0.145. The van der Waals surface area contributed by atoms with Crippen LogP contribution in [0.1, 0.15) is 37.7 Å². The van der Waals surface area contributed by atoms with Crippen molar-refractivity contribution in [1.82, 2.24) is 0 Å². The second kappa shape index (κ2) is 5.60. The topological polar surface area (TPSA) is 66.8 Å². The molecule has 1 saturated carbocycles. The first kappa shape index (κ1) is 15.1. The number of rotatable bonds is 3. The molecule has 1 aromatic carbocycles. The summed E-state index contributed by atoms with van der Waals surface area (Å²) in [6.07, 6.45) is 3.12. The molecule has 6 heteroatoms. The van der Waals surface area contributed by atoms with E-state index in [-0.39, 0.29) is 21.5 Å². The largest absolute Gasteiger partial charge is 0.503 e. The van der Waals surface area contributed by atoms with Gasteiger partial charge in [0.2, 0.25) is 0 Å². The number of carbonyl (C=O) groups is 1. The zero-order valence-electron chi connectivity index (χ0n) is 11.1. The first-order valence-electron chi connectivity index (χ1n) is 6.43. The van der Waals surface area contributed by atoms with Crippen molar-refractivity contribution in [3.8, 4) is 11.5 Å². The van der Waals surface area contributed by atoms with E-state index in [9.17, 15) is 19.4 Å². The molecule has 2 rings (SSSR count). The molecule has 0 amide bonds. The molecule has 0 radical (unpaired) electrons. The van der Waals surface area contributed by atoms with E-state index < -0.39 is 17.2 Å². The van der Waals surface area contributed by atoms with E-state index in [1.165, 1.54) is 7.11 Å². The van der Waals surface area contributed by atoms with Crippen molar-refractivity contribution in [1.29, 1.82) is 0 Å². The van der Waals surface area contributed by atoms with Gasteiger partial charge in [0, 0.05) is 11.6 Å². The summed E-state index contributed by atoms with van der Waals surface area (Å²) in [5, 5.41) is 19.6. The molecule has 4 nitrogen and oxygen atoms in total. The van der Waals surface area contributed by atoms with Crippen LogP contribution in [0.15, 0.2) is 10.5 Å². The van der Waals surface area contributed by atoms with Gasteiger partial charge in [-0.25, -0.2) is 4.39 Å². The fourth-order valence-corrected chi connectivity index (χ4v) is 3.67. The van der Waals surface area contributed by atoms with Gasteiger partial charge in [-0.3, -0.25) is 4.79 Å². The Hall–Kier alpha value is -1.30. The van der Waals surface area contributed by atoms with Gasteiger partial charge in [0.05, 0.1) is 17.0 Å². The Kier molecular flexibility index (Phi) is 4.22. The zero-order chi connectivity index (χ0) is 14.9. The van der Waals surface area contributed by atoms with Crippen LogP contribution in [0.3, 0.4) is 0 Å². The normalized spacial score (nSPS) is 17.8. The van der Waals surface area contributed by atoms with E-state index in [2.05, 4.69) is 15.9 Å². The van der Waals surface area contributed by atoms with Gasteiger partial charge in [-0.1, -0.05) is 19.3 Å². The van der Waals surface area contributed by atoms with Crippen LogP contribution in [0.4, 0.5) is 4.39 Å². The van der Waals surface area contributed by atoms with E-state index in [4.69, 9.17) is 4.74 Å². The van der Waals surface area contributed by atoms with Gasteiger partial charge in [-0.05, 0) is 28.8 Å². The fourth-order valence-electron chi connectivity index (χ4n) is 2.91. The Labute approximate surface area is 124 Å². The average Bonchev–Trinajstić information content (AvgIpc) is 2.43. The lowest BCUT2D eigenvalue weighted by atomic mass is 9.69. The molecule has 1 fully saturated rings. The third kappa shape index (κ3) is 2.26. The average molecular weight is 347 g/mol. The summed E-state index contributed by atoms with van der Waals surface area (Å²) in [5.74, 6) is -2.01. The molecule has 0 atom stereocenters. The van der Waals surface area contributed by atoms with Gasteiger partial charge < -0.3 is 14.9 Å². The highest BCUT2D eigenvalue weighted by Gasteiger charge is 2.45. The van der Waals surface area contributed by atoms with Crippen molar-refractivity contribution in [2.75, 3.05) is 7.11 Å². The molecule has 20 heavy (non-hydrogen) atoms. The van der Waals surface area contributed by atoms with Crippen molar-refractivity contribution < 1.29 is 24.1 Å². The van der Waals surface area contributed by atoms with Gasteiger partial charge in [0.25, 0.3) is 0 Å². The summed E-state index contributed by atoms with van der Waals surface area (Å²) < 4.78 is 19.3. The van der Waals surface area contributed by atoms with E-state index in [0.717, 1.165) is 25.3 Å². The van der Waals surface area contributed by atoms with Crippen molar-refractivity contribution in [3.05, 3.63) is 21.9 Å². The van der Waals surface area contributed by atoms with Crippen molar-refractivity contribution in [2.45, 2.75) is 37.5 Å². The van der Waals surface area contributed by atoms with Gasteiger partial charge in [-0.2, -0.15) is 0 Å². The maximum atomic E-state index is 14.4. The highest BCUT2D eigenvalue weighted by molar-refractivity contribution is 9.10. The number of phenols is 1. The molecule has 0 heterocycles. The lowest BCUT2D eigenvalue weighted by Crippen LogP contribution is -2.39. The molecule has 0 unspecified atom stereocenters. The molecule has 2 N–H and O–H groups in total. The van der Waals surface area contributed by atoms with Gasteiger partial charge in [0.15, 0.2) is 11.5 Å². The van der Waals surface area contributed by atoms with Gasteiger partial charge in [-0.15, -0.1) is 0 Å². The fraction of sp³-hybridized carbons (Fsp3) is 0.500. The quantitative estimate of drug-likeness (QED) is 0.877. The number of aliphatic carboxylic acids is 1. The van der Waals surface area contributed by atoms with E-state index in [0.29, 0.717) is 12.8 Å². The lowest BCUT2D eigenvalue weighted by Gasteiger charge is -2.34. The van der Waals surface area contributed by atoms with E-state index in [1.807, 2.05) is 0 Å². The second-order valence-corrected chi connectivity index (χ2v) is 5.84. The molecule has 0 spiro atoms. The zero-order valence-corrected chi connectivity index (χ0v) is 12.7. The standard InChI is InChI=1S/C14H16BrFO4/c1-20-9-7-8(16)10(11(15)12(9)17)14(13(18)19)5-3-2-4-6-14/h7,17H,2-6H2,1H3,(H,18,19). The molecule has 0 aliphatic heterocycles. The third-order valence-corrected chi connectivity index (χ3v) is 4.74. The minimum Gasteiger partial charge on any atom is -0.503 e. The van der Waals surface area contributed by atoms with Crippen LogP contribution in [0.5, 0.6) is 11.5 Å². The Bertz CT molecular complexity index is 538. The molecular formula is C14H16BrFO4. The van der Waals surface area contributed by atoms with E-state index in [1.54, 1.807) is 0 Å². The highest BCUT2D eigenvalue weighted by Crippen LogP contribution is 2.48. The number of hydrogen-bond donors (Lipinski definition) is 2. The molecule has 1 aliphatic rings. The molecule has 0 bridgehead atoms. The minimum absolute atomic E-state index is 0.0167. The number of hydrogen-bond acceptors (Lipinski definition) is 3. The summed E-state index contributed by atoms with van der Waals surface area (Å²) in [4.78, 5) is 11.7. The first-order valence-corrected chi connectivity index (χ1v) is 7.22. The SMILES string of the molecule is COc1cc(F)c(C2(C(=O)O)CCCCC2)c(Br)c1O. The number of halogens is 2. The minimum atomic E-state index is -1.29. The number of carboxylic acids is 1. The third-order valence-electron chi connectivity index (χ3n) is 3.97. The van der Waals surface area contributed by atoms with Crippen molar-refractivity contribution >= 4 is 21.9 Å². The summed E-state index contributed by atoms with van der Waals surface area (Å²) in [7, 11) is 1.31. The highest BCUT2D eigenvalue weighted by atomic mass is 79.9. The summed E-state index contributed by atoms with van der Waals surface area (Å²) >= 11 is 3.13. The summed E-state index contributed by atoms with van der Waals surface area (Å²) in [6.45, 7) is 0. The van der Waals surface area contributed by atoms with Crippen LogP contribution in [0, 0.1) is 5.82 Å². The van der Waals surface area contributed by atoms with Crippen LogP contribution >= 0.6 is 15.9 Å². The number of carboxylic acid groups (broad SMARTS) is 1. The Morgan fingerprint density at radius 2 is 2.00 bits per heavy atom.